The van der Waals surface area contributed by atoms with Gasteiger partial charge in [-0.05, 0) is 65.9 Å². The minimum atomic E-state index is -3.51. The topological polar surface area (TPSA) is 84.3 Å². The van der Waals surface area contributed by atoms with Crippen LogP contribution in [0.25, 0.3) is 10.8 Å². The lowest BCUT2D eigenvalue weighted by Gasteiger charge is -2.07. The van der Waals surface area contributed by atoms with Gasteiger partial charge in [-0.15, -0.1) is 0 Å². The zero-order valence-corrected chi connectivity index (χ0v) is 19.0. The van der Waals surface area contributed by atoms with Crippen molar-refractivity contribution < 1.29 is 22.7 Å². The van der Waals surface area contributed by atoms with E-state index in [9.17, 15) is 22.7 Å². The highest BCUT2D eigenvalue weighted by molar-refractivity contribution is 7.90. The number of carbonyl (C=O) groups is 1. The van der Waals surface area contributed by atoms with Crippen LogP contribution in [0.4, 0.5) is 4.39 Å². The van der Waals surface area contributed by atoms with E-state index >= 15 is 0 Å². The molecule has 1 aliphatic rings. The molecule has 1 saturated carbocycles. The molecule has 1 aliphatic carbocycles. The third-order valence-electron chi connectivity index (χ3n) is 6.32. The molecule has 0 saturated heterocycles. The molecule has 172 valence electrons. The molecule has 5 nitrogen and oxygen atoms in total. The molecule has 0 bridgehead atoms. The number of phenolic OH excluding ortho intramolecular Hbond substituents is 1. The third-order valence-corrected chi connectivity index (χ3v) is 7.98. The van der Waals surface area contributed by atoms with Crippen LogP contribution in [0.2, 0.25) is 0 Å². The zero-order chi connectivity index (χ0) is 23.9. The summed E-state index contributed by atoms with van der Waals surface area (Å²) in [6, 6.07) is 19.4. The second-order valence-electron chi connectivity index (χ2n) is 8.69. The Labute approximate surface area is 196 Å². The molecule has 5 rings (SSSR count). The maximum Gasteiger partial charge on any atom is 0.184 e. The number of fused-ring (bicyclic) bond motifs is 1. The summed E-state index contributed by atoms with van der Waals surface area (Å²) in [7, 11) is -3.51. The van der Waals surface area contributed by atoms with E-state index in [4.69, 9.17) is 0 Å². The Hall–Kier alpha value is -3.58. The smallest absolute Gasteiger partial charge is 0.184 e. The maximum absolute atomic E-state index is 14.1. The number of benzene rings is 3. The first-order chi connectivity index (χ1) is 16.3. The average Bonchev–Trinajstić information content (AvgIpc) is 3.63. The number of halogens is 1. The van der Waals surface area contributed by atoms with Crippen LogP contribution in [0.15, 0.2) is 83.9 Å². The molecule has 1 N–H and O–H groups in total. The van der Waals surface area contributed by atoms with Crippen molar-refractivity contribution in [3.8, 4) is 5.75 Å². The minimum Gasteiger partial charge on any atom is -0.507 e. The number of hydrogen-bond donors (Lipinski definition) is 1. The van der Waals surface area contributed by atoms with Gasteiger partial charge in [-0.3, -0.25) is 9.78 Å². The number of sulfone groups is 1. The molecule has 1 unspecified atom stereocenters. The second-order valence-corrected chi connectivity index (χ2v) is 10.7. The Balaban J connectivity index is 1.25. The molecule has 0 aliphatic heterocycles. The molecule has 4 aromatic rings. The highest BCUT2D eigenvalue weighted by atomic mass is 32.2. The lowest BCUT2D eigenvalue weighted by Crippen LogP contribution is -2.07. The lowest BCUT2D eigenvalue weighted by atomic mass is 9.99. The van der Waals surface area contributed by atoms with Crippen molar-refractivity contribution in [1.82, 2.24) is 4.98 Å². The maximum atomic E-state index is 14.1. The molecule has 0 spiro atoms. The molecule has 1 fully saturated rings. The predicted molar refractivity (Wildman–Crippen MR) is 127 cm³/mol. The molecular weight excluding hydrogens is 453 g/mol. The highest BCUT2D eigenvalue weighted by Crippen LogP contribution is 2.48. The Bertz CT molecular complexity index is 1480. The van der Waals surface area contributed by atoms with Crippen LogP contribution in [0.3, 0.4) is 0 Å². The Kier molecular flexibility index (Phi) is 5.65. The third kappa shape index (κ3) is 4.43. The van der Waals surface area contributed by atoms with Gasteiger partial charge in [-0.25, -0.2) is 12.8 Å². The number of hydrogen-bond acceptors (Lipinski definition) is 5. The van der Waals surface area contributed by atoms with Gasteiger partial charge < -0.3 is 5.11 Å². The molecule has 1 heterocycles. The molecule has 3 aromatic carbocycles. The van der Waals surface area contributed by atoms with Gasteiger partial charge in [0.15, 0.2) is 9.84 Å². The summed E-state index contributed by atoms with van der Waals surface area (Å²) < 4.78 is 39.5. The number of carbonyl (C=O) groups excluding carboxylic acids is 1. The first kappa shape index (κ1) is 22.2. The Morgan fingerprint density at radius 1 is 1.00 bits per heavy atom. The predicted octanol–water partition coefficient (Wildman–Crippen LogP) is 4.97. The fourth-order valence-electron chi connectivity index (χ4n) is 4.39. The second kappa shape index (κ2) is 8.65. The van der Waals surface area contributed by atoms with E-state index in [0.717, 1.165) is 5.56 Å². The fraction of sp³-hybridized carbons (Fsp3) is 0.185. The molecule has 7 heteroatoms. The number of aromatic nitrogens is 1. The van der Waals surface area contributed by atoms with Gasteiger partial charge >= 0.3 is 0 Å². The summed E-state index contributed by atoms with van der Waals surface area (Å²) >= 11 is 0. The standard InChI is InChI=1S/C27H22FNO4S/c28-25-10-11-26(30)21-9-4-17(13-23(21)25)14-27(31)24-15-22(24)18-5-7-20(8-6-18)34(32,33)16-19-3-1-2-12-29-19/h1-13,22,24,30H,14-16H2/t22?,24-/m1/s1. The van der Waals surface area contributed by atoms with Crippen molar-refractivity contribution >= 4 is 26.4 Å². The molecule has 0 amide bonds. The summed E-state index contributed by atoms with van der Waals surface area (Å²) in [5.41, 5.74) is 2.12. The highest BCUT2D eigenvalue weighted by Gasteiger charge is 2.43. The van der Waals surface area contributed by atoms with Gasteiger partial charge in [-0.1, -0.05) is 30.3 Å². The van der Waals surface area contributed by atoms with Gasteiger partial charge in [0.2, 0.25) is 0 Å². The van der Waals surface area contributed by atoms with Crippen LogP contribution in [0.1, 0.15) is 29.2 Å². The Morgan fingerprint density at radius 3 is 2.53 bits per heavy atom. The largest absolute Gasteiger partial charge is 0.507 e. The number of nitrogens with zero attached hydrogens (tertiary/aromatic N) is 1. The molecular formula is C27H22FNO4S. The van der Waals surface area contributed by atoms with Gasteiger partial charge in [0.1, 0.15) is 17.3 Å². The lowest BCUT2D eigenvalue weighted by molar-refractivity contribution is -0.119. The number of Topliss-reactive ketones (excluding diaryl/α,β-unsaturated/α-hetero) is 1. The van der Waals surface area contributed by atoms with E-state index in [1.807, 2.05) is 0 Å². The fourth-order valence-corrected chi connectivity index (χ4v) is 5.67. The van der Waals surface area contributed by atoms with Crippen LogP contribution in [-0.4, -0.2) is 24.3 Å². The summed E-state index contributed by atoms with van der Waals surface area (Å²) in [5.74, 6) is -0.618. The monoisotopic (exact) mass is 475 g/mol. The number of ketones is 1. The SMILES string of the molecule is O=C(Cc1ccc2c(O)ccc(F)c2c1)[C@@H]1CC1c1ccc(S(=O)(=O)Cc2ccccn2)cc1. The minimum absolute atomic E-state index is 0.00188. The van der Waals surface area contributed by atoms with E-state index in [2.05, 4.69) is 4.98 Å². The number of rotatable bonds is 7. The van der Waals surface area contributed by atoms with Gasteiger partial charge in [0, 0.05) is 29.3 Å². The van der Waals surface area contributed by atoms with E-state index < -0.39 is 15.7 Å². The van der Waals surface area contributed by atoms with Gasteiger partial charge in [0.25, 0.3) is 0 Å². The van der Waals surface area contributed by atoms with Crippen molar-refractivity contribution in [3.05, 3.63) is 102 Å². The first-order valence-corrected chi connectivity index (χ1v) is 12.6. The average molecular weight is 476 g/mol. The van der Waals surface area contributed by atoms with Crippen LogP contribution in [-0.2, 0) is 26.8 Å². The first-order valence-electron chi connectivity index (χ1n) is 11.0. The number of pyridine rings is 1. The number of aromatic hydroxyl groups is 1. The van der Waals surface area contributed by atoms with Crippen molar-refractivity contribution in [2.24, 2.45) is 5.92 Å². The van der Waals surface area contributed by atoms with Crippen molar-refractivity contribution in [1.29, 1.82) is 0 Å². The van der Waals surface area contributed by atoms with Crippen molar-refractivity contribution in [3.63, 3.8) is 0 Å². The quantitative estimate of drug-likeness (QED) is 0.408. The molecule has 2 atom stereocenters. The van der Waals surface area contributed by atoms with Crippen LogP contribution in [0, 0.1) is 11.7 Å². The summed E-state index contributed by atoms with van der Waals surface area (Å²) in [6.07, 6.45) is 2.46. The molecule has 0 radical (unpaired) electrons. The van der Waals surface area contributed by atoms with E-state index in [1.165, 1.54) is 12.1 Å². The normalized spacial score (nSPS) is 17.6. The van der Waals surface area contributed by atoms with Crippen molar-refractivity contribution in [2.75, 3.05) is 0 Å². The number of phenols is 1. The summed E-state index contributed by atoms with van der Waals surface area (Å²) in [5, 5.41) is 10.6. The Morgan fingerprint density at radius 2 is 1.79 bits per heavy atom. The van der Waals surface area contributed by atoms with Crippen LogP contribution < -0.4 is 0 Å². The zero-order valence-electron chi connectivity index (χ0n) is 18.2. The summed E-state index contributed by atoms with van der Waals surface area (Å²) in [4.78, 5) is 17.1. The van der Waals surface area contributed by atoms with Crippen LogP contribution in [0.5, 0.6) is 5.75 Å². The van der Waals surface area contributed by atoms with E-state index in [1.54, 1.807) is 66.9 Å². The molecule has 34 heavy (non-hydrogen) atoms. The van der Waals surface area contributed by atoms with E-state index in [-0.39, 0.29) is 40.4 Å². The van der Waals surface area contributed by atoms with E-state index in [0.29, 0.717) is 28.5 Å². The van der Waals surface area contributed by atoms with Crippen molar-refractivity contribution in [2.45, 2.75) is 29.4 Å². The summed E-state index contributed by atoms with van der Waals surface area (Å²) in [6.45, 7) is 0. The molecule has 1 aromatic heterocycles. The van der Waals surface area contributed by atoms with Crippen LogP contribution >= 0.6 is 0 Å². The van der Waals surface area contributed by atoms with Gasteiger partial charge in [-0.2, -0.15) is 0 Å². The van der Waals surface area contributed by atoms with Gasteiger partial charge in [0.05, 0.1) is 16.3 Å².